The molecule has 2 atom stereocenters. The van der Waals surface area contributed by atoms with Crippen molar-refractivity contribution >= 4 is 5.84 Å². The van der Waals surface area contributed by atoms with Gasteiger partial charge < -0.3 is 9.64 Å². The molecular weight excluding hydrogens is 272 g/mol. The molecule has 0 spiro atoms. The maximum absolute atomic E-state index is 8.32. The van der Waals surface area contributed by atoms with Crippen LogP contribution in [0.15, 0.2) is 59.7 Å². The standard InChI is InChI=1S/C19H26N2O/c1-15(2)18(14-22-4)20-19(17-11-6-5-7-12-17)21-13-9-8-10-16(21)3/h5-13,15-16,18H,14H2,1-4H3/t16-,18-/m1/s1/i13D. The van der Waals surface area contributed by atoms with Gasteiger partial charge in [-0.2, -0.15) is 0 Å². The van der Waals surface area contributed by atoms with Gasteiger partial charge in [0.05, 0.1) is 20.1 Å². The molecule has 1 aromatic rings. The summed E-state index contributed by atoms with van der Waals surface area (Å²) >= 11 is 0. The summed E-state index contributed by atoms with van der Waals surface area (Å²) in [6.07, 6.45) is 6.28. The lowest BCUT2D eigenvalue weighted by Crippen LogP contribution is -2.36. The molecule has 3 nitrogen and oxygen atoms in total. The van der Waals surface area contributed by atoms with Crippen LogP contribution in [0, 0.1) is 5.92 Å². The van der Waals surface area contributed by atoms with E-state index in [1.54, 1.807) is 13.2 Å². The maximum atomic E-state index is 8.32. The van der Waals surface area contributed by atoms with Gasteiger partial charge in [-0.3, -0.25) is 4.99 Å². The number of allylic oxidation sites excluding steroid dienone is 2. The largest absolute Gasteiger partial charge is 0.382 e. The number of methoxy groups -OCH3 is 1. The molecular formula is C19H26N2O. The van der Waals surface area contributed by atoms with Crippen LogP contribution in [0.1, 0.15) is 27.7 Å². The zero-order valence-corrected chi connectivity index (χ0v) is 13.9. The number of aliphatic imine (C=N–C) groups is 1. The first-order chi connectivity index (χ1) is 11.0. The molecule has 22 heavy (non-hydrogen) atoms. The number of rotatable bonds is 5. The van der Waals surface area contributed by atoms with Gasteiger partial charge in [-0.25, -0.2) is 0 Å². The fourth-order valence-corrected chi connectivity index (χ4v) is 2.37. The number of benzene rings is 1. The van der Waals surface area contributed by atoms with Gasteiger partial charge >= 0.3 is 0 Å². The van der Waals surface area contributed by atoms with Crippen molar-refractivity contribution in [2.45, 2.75) is 32.9 Å². The number of hydrogen-bond acceptors (Lipinski definition) is 2. The lowest BCUT2D eigenvalue weighted by molar-refractivity contribution is 0.164. The quantitative estimate of drug-likeness (QED) is 0.609. The Kier molecular flexibility index (Phi) is 5.43. The summed E-state index contributed by atoms with van der Waals surface area (Å²) in [6.45, 7) is 6.94. The van der Waals surface area contributed by atoms with Crippen molar-refractivity contribution in [2.24, 2.45) is 10.9 Å². The molecule has 118 valence electrons. The van der Waals surface area contributed by atoms with Crippen LogP contribution in [0.5, 0.6) is 0 Å². The molecule has 0 N–H and O–H groups in total. The second kappa shape index (κ2) is 7.95. The molecule has 1 aliphatic heterocycles. The predicted molar refractivity (Wildman–Crippen MR) is 93.1 cm³/mol. The van der Waals surface area contributed by atoms with E-state index in [2.05, 4.69) is 26.8 Å². The number of ether oxygens (including phenoxy) is 1. The molecule has 1 heterocycles. The van der Waals surface area contributed by atoms with Crippen LogP contribution < -0.4 is 0 Å². The molecule has 0 unspecified atom stereocenters. The molecule has 0 fully saturated rings. The molecule has 0 amide bonds. The van der Waals surface area contributed by atoms with Crippen LogP contribution in [0.3, 0.4) is 0 Å². The highest BCUT2D eigenvalue weighted by Crippen LogP contribution is 2.17. The van der Waals surface area contributed by atoms with E-state index >= 15 is 0 Å². The summed E-state index contributed by atoms with van der Waals surface area (Å²) in [5.74, 6) is 1.20. The molecule has 0 aromatic heterocycles. The van der Waals surface area contributed by atoms with E-state index in [1.807, 2.05) is 41.3 Å². The molecule has 1 aliphatic rings. The van der Waals surface area contributed by atoms with Crippen LogP contribution in [-0.2, 0) is 4.74 Å². The van der Waals surface area contributed by atoms with E-state index in [0.29, 0.717) is 18.7 Å². The summed E-state index contributed by atoms with van der Waals surface area (Å²) in [7, 11) is 1.70. The second-order valence-electron chi connectivity index (χ2n) is 5.88. The van der Waals surface area contributed by atoms with Gasteiger partial charge in [0.2, 0.25) is 0 Å². The monoisotopic (exact) mass is 299 g/mol. The van der Waals surface area contributed by atoms with Crippen molar-refractivity contribution in [2.75, 3.05) is 13.7 Å². The zero-order chi connectivity index (χ0) is 16.8. The second-order valence-corrected chi connectivity index (χ2v) is 5.88. The van der Waals surface area contributed by atoms with Crippen molar-refractivity contribution in [1.29, 1.82) is 0 Å². The van der Waals surface area contributed by atoms with Crippen molar-refractivity contribution < 1.29 is 6.11 Å². The molecule has 0 aliphatic carbocycles. The van der Waals surface area contributed by atoms with Crippen molar-refractivity contribution in [3.8, 4) is 0 Å². The summed E-state index contributed by atoms with van der Waals surface area (Å²) in [5, 5.41) is 0. The number of hydrogen-bond donors (Lipinski definition) is 0. The molecule has 0 saturated carbocycles. The minimum atomic E-state index is 0.0566. The number of amidine groups is 1. The van der Waals surface area contributed by atoms with Gasteiger partial charge in [-0.1, -0.05) is 56.3 Å². The fraction of sp³-hybridized carbons (Fsp3) is 0.421. The third kappa shape index (κ3) is 4.08. The number of nitrogens with zero attached hydrogens (tertiary/aromatic N) is 2. The molecule has 0 bridgehead atoms. The minimum Gasteiger partial charge on any atom is -0.382 e. The summed E-state index contributed by atoms with van der Waals surface area (Å²) < 4.78 is 13.7. The van der Waals surface area contributed by atoms with Crippen LogP contribution in [0.2, 0.25) is 0 Å². The van der Waals surface area contributed by atoms with Crippen LogP contribution in [0.25, 0.3) is 0 Å². The van der Waals surface area contributed by atoms with Gasteiger partial charge in [0.1, 0.15) is 5.84 Å². The highest BCUT2D eigenvalue weighted by atomic mass is 16.5. The fourth-order valence-electron chi connectivity index (χ4n) is 2.37. The van der Waals surface area contributed by atoms with Gasteiger partial charge in [-0.05, 0) is 18.9 Å². The Labute approximate surface area is 135 Å². The topological polar surface area (TPSA) is 24.8 Å². The van der Waals surface area contributed by atoms with Crippen LogP contribution in [0.4, 0.5) is 0 Å². The first-order valence-corrected chi connectivity index (χ1v) is 7.81. The maximum Gasteiger partial charge on any atom is 0.135 e. The Morgan fingerprint density at radius 2 is 2.05 bits per heavy atom. The highest BCUT2D eigenvalue weighted by Gasteiger charge is 2.20. The summed E-state index contributed by atoms with van der Waals surface area (Å²) in [6, 6.07) is 10.2. The minimum absolute atomic E-state index is 0.0566. The van der Waals surface area contributed by atoms with Crippen molar-refractivity contribution in [3.05, 3.63) is 60.3 Å². The third-order valence-corrected chi connectivity index (χ3v) is 3.76. The lowest BCUT2D eigenvalue weighted by atomic mass is 10.0. The van der Waals surface area contributed by atoms with Crippen LogP contribution >= 0.6 is 0 Å². The zero-order valence-electron chi connectivity index (χ0n) is 14.9. The van der Waals surface area contributed by atoms with E-state index in [4.69, 9.17) is 11.1 Å². The van der Waals surface area contributed by atoms with E-state index in [1.165, 1.54) is 0 Å². The Balaban J connectivity index is 2.48. The van der Waals surface area contributed by atoms with Gasteiger partial charge in [-0.15, -0.1) is 0 Å². The van der Waals surface area contributed by atoms with Gasteiger partial charge in [0, 0.05) is 18.8 Å². The summed E-state index contributed by atoms with van der Waals surface area (Å²) in [5.41, 5.74) is 1.02. The van der Waals surface area contributed by atoms with E-state index < -0.39 is 0 Å². The third-order valence-electron chi connectivity index (χ3n) is 3.76. The van der Waals surface area contributed by atoms with Crippen molar-refractivity contribution in [3.63, 3.8) is 0 Å². The van der Waals surface area contributed by atoms with E-state index in [0.717, 1.165) is 11.4 Å². The van der Waals surface area contributed by atoms with Crippen molar-refractivity contribution in [1.82, 2.24) is 4.90 Å². The molecule has 1 aromatic carbocycles. The van der Waals surface area contributed by atoms with E-state index in [-0.39, 0.29) is 12.1 Å². The highest BCUT2D eigenvalue weighted by molar-refractivity contribution is 6.00. The van der Waals surface area contributed by atoms with E-state index in [9.17, 15) is 0 Å². The predicted octanol–water partition coefficient (Wildman–Crippen LogP) is 3.88. The average molecular weight is 299 g/mol. The Hall–Kier alpha value is -1.87. The SMILES string of the molecule is [2H]C1=CC=C[C@@H](C)N1C(=N[C@H](COC)C(C)C)c1ccccc1. The summed E-state index contributed by atoms with van der Waals surface area (Å²) in [4.78, 5) is 6.96. The molecule has 3 heteroatoms. The molecule has 0 saturated heterocycles. The Morgan fingerprint density at radius 3 is 2.64 bits per heavy atom. The Bertz CT molecular complexity index is 593. The lowest BCUT2D eigenvalue weighted by Gasteiger charge is -2.30. The molecule has 0 radical (unpaired) electrons. The normalized spacial score (nSPS) is 20.9. The van der Waals surface area contributed by atoms with Gasteiger partial charge in [0.15, 0.2) is 0 Å². The average Bonchev–Trinajstić information content (AvgIpc) is 2.53. The Morgan fingerprint density at radius 1 is 1.32 bits per heavy atom. The smallest absolute Gasteiger partial charge is 0.135 e. The van der Waals surface area contributed by atoms with Gasteiger partial charge in [0.25, 0.3) is 0 Å². The first kappa shape index (κ1) is 15.0. The van der Waals surface area contributed by atoms with Crippen LogP contribution in [-0.4, -0.2) is 36.5 Å². The first-order valence-electron chi connectivity index (χ1n) is 8.31. The molecule has 2 rings (SSSR count).